The largest absolute Gasteiger partial charge is 0.466 e. The number of unbranched alkanes of at least 4 members (excludes halogenated alkanes) is 1. The SMILES string of the molecule is CCOC(=O)CCCCON=C(Cn1ccnc1)C1CCCCC1. The van der Waals surface area contributed by atoms with Gasteiger partial charge >= 0.3 is 5.97 Å². The second-order valence-electron chi connectivity index (χ2n) is 6.25. The minimum atomic E-state index is -0.135. The predicted molar refractivity (Wildman–Crippen MR) is 92.7 cm³/mol. The topological polar surface area (TPSA) is 65.7 Å². The lowest BCUT2D eigenvalue weighted by molar-refractivity contribution is -0.143. The van der Waals surface area contributed by atoms with E-state index in [9.17, 15) is 4.79 Å². The molecule has 0 radical (unpaired) electrons. The van der Waals surface area contributed by atoms with Crippen LogP contribution in [0, 0.1) is 5.92 Å². The Labute approximate surface area is 144 Å². The lowest BCUT2D eigenvalue weighted by Gasteiger charge is -2.23. The Morgan fingerprint density at radius 2 is 2.12 bits per heavy atom. The standard InChI is InChI=1S/C18H29N3O3/c1-2-23-18(22)10-6-7-13-24-20-17(14-21-12-11-19-15-21)16-8-4-3-5-9-16/h11-12,15-16H,2-10,13-14H2,1H3. The number of ether oxygens (including phenoxy) is 1. The zero-order chi connectivity index (χ0) is 17.0. The van der Waals surface area contributed by atoms with Crippen molar-refractivity contribution in [3.63, 3.8) is 0 Å². The first-order valence-corrected chi connectivity index (χ1v) is 9.09. The van der Waals surface area contributed by atoms with Gasteiger partial charge in [-0.2, -0.15) is 0 Å². The zero-order valence-electron chi connectivity index (χ0n) is 14.7. The Balaban J connectivity index is 1.76. The number of hydrogen-bond acceptors (Lipinski definition) is 5. The van der Waals surface area contributed by atoms with Gasteiger partial charge in [-0.15, -0.1) is 0 Å². The van der Waals surface area contributed by atoms with Gasteiger partial charge in [0.25, 0.3) is 0 Å². The fourth-order valence-corrected chi connectivity index (χ4v) is 3.03. The van der Waals surface area contributed by atoms with Crippen LogP contribution in [-0.4, -0.2) is 34.4 Å². The average Bonchev–Trinajstić information content (AvgIpc) is 3.11. The molecule has 0 aromatic carbocycles. The second-order valence-corrected chi connectivity index (χ2v) is 6.25. The number of carbonyl (C=O) groups excluding carboxylic acids is 1. The number of nitrogens with zero attached hydrogens (tertiary/aromatic N) is 3. The molecule has 0 unspecified atom stereocenters. The number of rotatable bonds is 10. The zero-order valence-corrected chi connectivity index (χ0v) is 14.7. The molecule has 0 bridgehead atoms. The average molecular weight is 335 g/mol. The van der Waals surface area contributed by atoms with Gasteiger partial charge in [0.1, 0.15) is 6.61 Å². The van der Waals surface area contributed by atoms with Crippen LogP contribution in [0.4, 0.5) is 0 Å². The summed E-state index contributed by atoms with van der Waals surface area (Å²) in [6, 6.07) is 0. The molecule has 24 heavy (non-hydrogen) atoms. The summed E-state index contributed by atoms with van der Waals surface area (Å²) in [4.78, 5) is 20.9. The van der Waals surface area contributed by atoms with Gasteiger partial charge < -0.3 is 14.1 Å². The number of carbonyl (C=O) groups is 1. The minimum absolute atomic E-state index is 0.135. The number of hydrogen-bond donors (Lipinski definition) is 0. The Hall–Kier alpha value is -1.85. The highest BCUT2D eigenvalue weighted by atomic mass is 16.6. The normalized spacial score (nSPS) is 16.1. The summed E-state index contributed by atoms with van der Waals surface area (Å²) in [6.07, 6.45) is 13.8. The van der Waals surface area contributed by atoms with Crippen molar-refractivity contribution < 1.29 is 14.4 Å². The smallest absolute Gasteiger partial charge is 0.305 e. The van der Waals surface area contributed by atoms with Crippen molar-refractivity contribution in [2.75, 3.05) is 13.2 Å². The van der Waals surface area contributed by atoms with E-state index in [1.54, 1.807) is 6.20 Å². The van der Waals surface area contributed by atoms with Crippen LogP contribution < -0.4 is 0 Å². The van der Waals surface area contributed by atoms with Gasteiger partial charge in [-0.25, -0.2) is 4.98 Å². The Bertz CT molecular complexity index is 494. The molecule has 0 aliphatic heterocycles. The fourth-order valence-electron chi connectivity index (χ4n) is 3.03. The molecule has 0 atom stereocenters. The van der Waals surface area contributed by atoms with Crippen molar-refractivity contribution in [2.45, 2.75) is 64.8 Å². The quantitative estimate of drug-likeness (QED) is 0.284. The van der Waals surface area contributed by atoms with Gasteiger partial charge in [0.15, 0.2) is 0 Å². The van der Waals surface area contributed by atoms with Gasteiger partial charge in [-0.1, -0.05) is 24.4 Å². The highest BCUT2D eigenvalue weighted by Gasteiger charge is 2.20. The highest BCUT2D eigenvalue weighted by molar-refractivity contribution is 5.86. The maximum atomic E-state index is 11.3. The van der Waals surface area contributed by atoms with E-state index in [1.165, 1.54) is 32.1 Å². The van der Waals surface area contributed by atoms with Crippen LogP contribution in [-0.2, 0) is 20.9 Å². The maximum absolute atomic E-state index is 11.3. The van der Waals surface area contributed by atoms with Crippen molar-refractivity contribution >= 4 is 11.7 Å². The number of aromatic nitrogens is 2. The number of esters is 1. The molecule has 1 aliphatic rings. The van der Waals surface area contributed by atoms with Crippen LogP contribution in [0.2, 0.25) is 0 Å². The molecule has 1 saturated carbocycles. The predicted octanol–water partition coefficient (Wildman–Crippen LogP) is 3.57. The summed E-state index contributed by atoms with van der Waals surface area (Å²) in [5.74, 6) is 0.379. The Kier molecular flexibility index (Phi) is 8.35. The van der Waals surface area contributed by atoms with Crippen LogP contribution in [0.15, 0.2) is 23.9 Å². The third-order valence-corrected chi connectivity index (χ3v) is 4.33. The van der Waals surface area contributed by atoms with Crippen molar-refractivity contribution in [1.82, 2.24) is 9.55 Å². The van der Waals surface area contributed by atoms with E-state index in [2.05, 4.69) is 10.1 Å². The summed E-state index contributed by atoms with van der Waals surface area (Å²) >= 11 is 0. The minimum Gasteiger partial charge on any atom is -0.466 e. The van der Waals surface area contributed by atoms with Crippen molar-refractivity contribution in [3.8, 4) is 0 Å². The summed E-state index contributed by atoms with van der Waals surface area (Å²) in [6.45, 7) is 3.55. The molecule has 1 aliphatic carbocycles. The molecule has 1 aromatic heterocycles. The van der Waals surface area contributed by atoms with Crippen molar-refractivity contribution in [2.24, 2.45) is 11.1 Å². The Morgan fingerprint density at radius 1 is 1.29 bits per heavy atom. The van der Waals surface area contributed by atoms with Crippen molar-refractivity contribution in [1.29, 1.82) is 0 Å². The third-order valence-electron chi connectivity index (χ3n) is 4.33. The van der Waals surface area contributed by atoms with Crippen molar-refractivity contribution in [3.05, 3.63) is 18.7 Å². The Morgan fingerprint density at radius 3 is 2.83 bits per heavy atom. The van der Waals surface area contributed by atoms with Gasteiger partial charge in [0.05, 0.1) is 25.2 Å². The molecule has 1 aromatic rings. The molecule has 0 N–H and O–H groups in total. The first-order valence-electron chi connectivity index (χ1n) is 9.09. The molecule has 6 heteroatoms. The van der Waals surface area contributed by atoms with Gasteiger partial charge in [-0.3, -0.25) is 4.79 Å². The molecule has 2 rings (SSSR count). The molecule has 0 saturated heterocycles. The molecule has 1 heterocycles. The monoisotopic (exact) mass is 335 g/mol. The molecule has 0 amide bonds. The summed E-state index contributed by atoms with van der Waals surface area (Å²) in [5, 5.41) is 4.43. The lowest BCUT2D eigenvalue weighted by atomic mass is 9.86. The molecular weight excluding hydrogens is 306 g/mol. The molecule has 0 spiro atoms. The van der Waals surface area contributed by atoms with Crippen LogP contribution in [0.25, 0.3) is 0 Å². The van der Waals surface area contributed by atoms with Gasteiger partial charge in [-0.05, 0) is 32.6 Å². The van der Waals surface area contributed by atoms with Crippen LogP contribution in [0.3, 0.4) is 0 Å². The van der Waals surface area contributed by atoms with E-state index in [4.69, 9.17) is 9.57 Å². The highest BCUT2D eigenvalue weighted by Crippen LogP contribution is 2.25. The lowest BCUT2D eigenvalue weighted by Crippen LogP contribution is -2.23. The van der Waals surface area contributed by atoms with E-state index in [0.717, 1.165) is 25.1 Å². The van der Waals surface area contributed by atoms with Crippen LogP contribution >= 0.6 is 0 Å². The summed E-state index contributed by atoms with van der Waals surface area (Å²) < 4.78 is 6.95. The maximum Gasteiger partial charge on any atom is 0.305 e. The van der Waals surface area contributed by atoms with Gasteiger partial charge in [0.2, 0.25) is 0 Å². The fraction of sp³-hybridized carbons (Fsp3) is 0.722. The van der Waals surface area contributed by atoms with Crippen LogP contribution in [0.5, 0.6) is 0 Å². The van der Waals surface area contributed by atoms with E-state index in [1.807, 2.05) is 24.0 Å². The first-order chi connectivity index (χ1) is 11.8. The molecular formula is C18H29N3O3. The molecule has 1 fully saturated rings. The number of imidazole rings is 1. The van der Waals surface area contributed by atoms with E-state index >= 15 is 0 Å². The summed E-state index contributed by atoms with van der Waals surface area (Å²) in [7, 11) is 0. The molecule has 6 nitrogen and oxygen atoms in total. The first kappa shape index (κ1) is 18.5. The van der Waals surface area contributed by atoms with E-state index in [0.29, 0.717) is 25.6 Å². The second kappa shape index (κ2) is 10.8. The van der Waals surface area contributed by atoms with Gasteiger partial charge in [0, 0.05) is 24.7 Å². The van der Waals surface area contributed by atoms with E-state index < -0.39 is 0 Å². The summed E-state index contributed by atoms with van der Waals surface area (Å²) in [5.41, 5.74) is 1.11. The number of oxime groups is 1. The van der Waals surface area contributed by atoms with E-state index in [-0.39, 0.29) is 5.97 Å². The third kappa shape index (κ3) is 6.72. The molecule has 134 valence electrons. The van der Waals surface area contributed by atoms with Crippen LogP contribution in [0.1, 0.15) is 58.3 Å².